The lowest BCUT2D eigenvalue weighted by atomic mass is 9.94. The number of alkyl halides is 3. The van der Waals surface area contributed by atoms with Gasteiger partial charge in [0.1, 0.15) is 18.3 Å². The number of carboxylic acid groups (broad SMARTS) is 1. The van der Waals surface area contributed by atoms with Gasteiger partial charge in [-0.3, -0.25) is 10.2 Å². The molecule has 1 aliphatic heterocycles. The van der Waals surface area contributed by atoms with Crippen molar-refractivity contribution in [1.29, 1.82) is 5.41 Å². The number of rotatable bonds is 3. The number of carbonyl (C=O) groups excluding carboxylic acids is 1. The maximum absolute atomic E-state index is 12.0. The second-order valence-electron chi connectivity index (χ2n) is 5.39. The minimum atomic E-state index is -5.08. The van der Waals surface area contributed by atoms with Gasteiger partial charge in [0.25, 0.3) is 0 Å². The first-order chi connectivity index (χ1) is 11.7. The van der Waals surface area contributed by atoms with Crippen LogP contribution in [0.25, 0.3) is 0 Å². The van der Waals surface area contributed by atoms with Crippen LogP contribution in [0.1, 0.15) is 0 Å². The quantitative estimate of drug-likeness (QED) is 0.191. The monoisotopic (exact) mass is 390 g/mol. The zero-order chi connectivity index (χ0) is 20.8. The van der Waals surface area contributed by atoms with Crippen LogP contribution < -0.4 is 5.73 Å². The molecule has 26 heavy (non-hydrogen) atoms. The van der Waals surface area contributed by atoms with E-state index in [2.05, 4.69) is 0 Å². The van der Waals surface area contributed by atoms with Gasteiger partial charge in [-0.15, -0.1) is 0 Å². The summed E-state index contributed by atoms with van der Waals surface area (Å²) < 4.78 is 31.7. The summed E-state index contributed by atoms with van der Waals surface area (Å²) in [7, 11) is 1.44. The van der Waals surface area contributed by atoms with E-state index in [0.717, 1.165) is 4.90 Å². The molecule has 1 aliphatic rings. The molecule has 0 radical (unpaired) electrons. The van der Waals surface area contributed by atoms with Crippen LogP contribution in [-0.4, -0.2) is 110 Å². The molecule has 11 nitrogen and oxygen atoms in total. The third kappa shape index (κ3) is 6.62. The summed E-state index contributed by atoms with van der Waals surface area (Å²) in [5, 5.41) is 52.3. The lowest BCUT2D eigenvalue weighted by molar-refractivity contribution is -0.192. The number of halogens is 3. The summed E-state index contributed by atoms with van der Waals surface area (Å²) in [6.45, 7) is -0.962. The van der Waals surface area contributed by atoms with Gasteiger partial charge < -0.3 is 41.1 Å². The van der Waals surface area contributed by atoms with E-state index in [4.69, 9.17) is 21.0 Å². The first kappa shape index (κ1) is 23.8. The molecule has 0 bridgehead atoms. The first-order valence-corrected chi connectivity index (χ1v) is 7.03. The van der Waals surface area contributed by atoms with Gasteiger partial charge in [-0.1, -0.05) is 0 Å². The van der Waals surface area contributed by atoms with E-state index in [1.807, 2.05) is 0 Å². The molecule has 8 N–H and O–H groups in total. The highest BCUT2D eigenvalue weighted by Crippen LogP contribution is 2.19. The maximum atomic E-state index is 12.0. The zero-order valence-electron chi connectivity index (χ0n) is 13.6. The molecule has 0 aromatic rings. The SMILES string of the molecule is CN(CC(=O)N1C[C@H](O)[C@@H](O)[C@@H](O)C1CO)C(=N)N.O=C(O)C(F)(F)F. The number of amides is 1. The average molecular weight is 390 g/mol. The molecule has 1 amide bonds. The zero-order valence-corrected chi connectivity index (χ0v) is 13.6. The van der Waals surface area contributed by atoms with Crippen molar-refractivity contribution in [3.63, 3.8) is 0 Å². The number of carbonyl (C=O) groups is 2. The number of likely N-dealkylation sites (tertiary alicyclic amines) is 1. The summed E-state index contributed by atoms with van der Waals surface area (Å²) in [4.78, 5) is 23.2. The minimum Gasteiger partial charge on any atom is -0.475 e. The predicted octanol–water partition coefficient (Wildman–Crippen LogP) is -3.27. The maximum Gasteiger partial charge on any atom is 0.490 e. The van der Waals surface area contributed by atoms with Gasteiger partial charge in [0, 0.05) is 13.6 Å². The number of aliphatic hydroxyl groups is 4. The van der Waals surface area contributed by atoms with E-state index in [1.54, 1.807) is 0 Å². The number of aliphatic carboxylic acids is 1. The lowest BCUT2D eigenvalue weighted by Crippen LogP contribution is -2.65. The van der Waals surface area contributed by atoms with Crippen LogP contribution in [0.3, 0.4) is 0 Å². The molecule has 0 saturated carbocycles. The van der Waals surface area contributed by atoms with Gasteiger partial charge in [-0.2, -0.15) is 13.2 Å². The average Bonchev–Trinajstić information content (AvgIpc) is 2.51. The molecular formula is C12H21F3N4O7. The number of hydrogen-bond acceptors (Lipinski definition) is 7. The summed E-state index contributed by atoms with van der Waals surface area (Å²) in [6.07, 6.45) is -9.21. The molecule has 0 spiro atoms. The van der Waals surface area contributed by atoms with Crippen LogP contribution >= 0.6 is 0 Å². The Balaban J connectivity index is 0.000000758. The molecule has 1 heterocycles. The predicted molar refractivity (Wildman–Crippen MR) is 78.8 cm³/mol. The van der Waals surface area contributed by atoms with Crippen LogP contribution in [0, 0.1) is 5.41 Å². The molecule has 4 atom stereocenters. The Hall–Kier alpha value is -2.16. The Labute approximate surface area is 145 Å². The van der Waals surface area contributed by atoms with E-state index in [1.165, 1.54) is 11.9 Å². The molecule has 1 saturated heterocycles. The number of nitrogens with one attached hydrogen (secondary N) is 1. The largest absolute Gasteiger partial charge is 0.490 e. The van der Waals surface area contributed by atoms with E-state index < -0.39 is 49.0 Å². The molecule has 1 rings (SSSR count). The van der Waals surface area contributed by atoms with Gasteiger partial charge in [0.05, 0.1) is 19.2 Å². The van der Waals surface area contributed by atoms with E-state index in [9.17, 15) is 38.4 Å². The van der Waals surface area contributed by atoms with Crippen LogP contribution in [0.4, 0.5) is 13.2 Å². The fourth-order valence-electron chi connectivity index (χ4n) is 1.96. The normalized spacial score (nSPS) is 25.8. The van der Waals surface area contributed by atoms with Gasteiger partial charge in [0.2, 0.25) is 5.91 Å². The number of likely N-dealkylation sites (N-methyl/N-ethyl adjacent to an activating group) is 1. The Bertz CT molecular complexity index is 520. The molecule has 0 aromatic heterocycles. The Morgan fingerprint density at radius 1 is 1.27 bits per heavy atom. The van der Waals surface area contributed by atoms with Crippen LogP contribution in [-0.2, 0) is 9.59 Å². The van der Waals surface area contributed by atoms with Crippen molar-refractivity contribution >= 4 is 17.8 Å². The van der Waals surface area contributed by atoms with Crippen LogP contribution in [0.5, 0.6) is 0 Å². The van der Waals surface area contributed by atoms with Crippen molar-refractivity contribution in [3.05, 3.63) is 0 Å². The van der Waals surface area contributed by atoms with Crippen molar-refractivity contribution in [2.24, 2.45) is 5.73 Å². The second-order valence-corrected chi connectivity index (χ2v) is 5.39. The molecule has 0 aromatic carbocycles. The number of nitrogens with zero attached hydrogens (tertiary/aromatic N) is 2. The summed E-state index contributed by atoms with van der Waals surface area (Å²) in [6, 6.07) is -0.994. The van der Waals surface area contributed by atoms with E-state index in [-0.39, 0.29) is 19.0 Å². The highest BCUT2D eigenvalue weighted by atomic mass is 19.4. The summed E-state index contributed by atoms with van der Waals surface area (Å²) in [5.74, 6) is -3.57. The van der Waals surface area contributed by atoms with Crippen molar-refractivity contribution in [2.75, 3.05) is 26.7 Å². The van der Waals surface area contributed by atoms with Crippen LogP contribution in [0.2, 0.25) is 0 Å². The minimum absolute atomic E-state index is 0.200. The van der Waals surface area contributed by atoms with Gasteiger partial charge in [-0.25, -0.2) is 4.79 Å². The first-order valence-electron chi connectivity index (χ1n) is 7.03. The molecular weight excluding hydrogens is 369 g/mol. The second kappa shape index (κ2) is 9.51. The fourth-order valence-corrected chi connectivity index (χ4v) is 1.96. The smallest absolute Gasteiger partial charge is 0.475 e. The van der Waals surface area contributed by atoms with Gasteiger partial charge >= 0.3 is 12.1 Å². The lowest BCUT2D eigenvalue weighted by Gasteiger charge is -2.43. The molecule has 0 aliphatic carbocycles. The molecule has 152 valence electrons. The Kier molecular flexibility index (Phi) is 8.72. The van der Waals surface area contributed by atoms with Gasteiger partial charge in [0.15, 0.2) is 5.96 Å². The number of piperidine rings is 1. The standard InChI is InChI=1S/C10H20N4O5.C2HF3O2/c1-13(10(11)12)3-7(17)14-2-6(16)9(19)8(18)5(14)4-15;3-2(4,5)1(6)7/h5-6,8-9,15-16,18-19H,2-4H2,1H3,(H3,11,12);(H,6,7)/t5?,6-,8-,9+;/m0./s1. The van der Waals surface area contributed by atoms with Gasteiger partial charge in [-0.05, 0) is 0 Å². The number of β-amino-alcohol motifs (C(OH)–C–C–N with tert-alkyl or cyclic N) is 1. The highest BCUT2D eigenvalue weighted by molar-refractivity contribution is 5.84. The number of carboxylic acids is 1. The van der Waals surface area contributed by atoms with Crippen molar-refractivity contribution in [1.82, 2.24) is 9.80 Å². The van der Waals surface area contributed by atoms with Crippen LogP contribution in [0.15, 0.2) is 0 Å². The third-order valence-electron chi connectivity index (χ3n) is 3.46. The fraction of sp³-hybridized carbons (Fsp3) is 0.750. The highest BCUT2D eigenvalue weighted by Gasteiger charge is 2.43. The Morgan fingerprint density at radius 2 is 1.73 bits per heavy atom. The van der Waals surface area contributed by atoms with E-state index >= 15 is 0 Å². The molecule has 1 fully saturated rings. The summed E-state index contributed by atoms with van der Waals surface area (Å²) >= 11 is 0. The third-order valence-corrected chi connectivity index (χ3v) is 3.46. The van der Waals surface area contributed by atoms with E-state index in [0.29, 0.717) is 0 Å². The summed E-state index contributed by atoms with van der Waals surface area (Å²) in [5.41, 5.74) is 5.21. The number of hydrogen-bond donors (Lipinski definition) is 7. The van der Waals surface area contributed by atoms with Crippen molar-refractivity contribution in [3.8, 4) is 0 Å². The number of nitrogens with two attached hydrogens (primary N) is 1. The number of guanidine groups is 1. The molecule has 1 unspecified atom stereocenters. The topological polar surface area (TPSA) is 192 Å². The van der Waals surface area contributed by atoms with Crippen molar-refractivity contribution < 1.29 is 48.3 Å². The number of aliphatic hydroxyl groups excluding tert-OH is 4. The Morgan fingerprint density at radius 3 is 2.08 bits per heavy atom. The molecule has 14 heteroatoms. The van der Waals surface area contributed by atoms with Crippen molar-refractivity contribution in [2.45, 2.75) is 30.5 Å².